The van der Waals surface area contributed by atoms with E-state index in [4.69, 9.17) is 4.74 Å². The smallest absolute Gasteiger partial charge is 0.429 e. The molecule has 0 saturated heterocycles. The summed E-state index contributed by atoms with van der Waals surface area (Å²) >= 11 is 0. The third-order valence-electron chi connectivity index (χ3n) is 3.15. The highest BCUT2D eigenvalue weighted by molar-refractivity contribution is 5.81. The van der Waals surface area contributed by atoms with Crippen molar-refractivity contribution < 1.29 is 17.9 Å². The predicted molar refractivity (Wildman–Crippen MR) is 70.6 cm³/mol. The van der Waals surface area contributed by atoms with Gasteiger partial charge in [-0.3, -0.25) is 0 Å². The molecule has 0 bridgehead atoms. The summed E-state index contributed by atoms with van der Waals surface area (Å²) in [5.41, 5.74) is 1.47. The Bertz CT molecular complexity index is 644. The van der Waals surface area contributed by atoms with Crippen LogP contribution >= 0.6 is 0 Å². The van der Waals surface area contributed by atoms with Crippen molar-refractivity contribution in [2.24, 2.45) is 0 Å². The van der Waals surface area contributed by atoms with Gasteiger partial charge in [0.05, 0.1) is 0 Å². The van der Waals surface area contributed by atoms with Crippen molar-refractivity contribution in [3.05, 3.63) is 71.3 Å². The summed E-state index contributed by atoms with van der Waals surface area (Å²) in [6, 6.07) is 15.5. The maximum atomic E-state index is 13.0. The molecule has 0 spiro atoms. The average molecular weight is 276 g/mol. The Balaban J connectivity index is 2.06. The fourth-order valence-corrected chi connectivity index (χ4v) is 2.26. The van der Waals surface area contributed by atoms with E-state index in [1.165, 1.54) is 6.07 Å². The molecule has 0 amide bonds. The highest BCUT2D eigenvalue weighted by atomic mass is 19.4. The maximum absolute atomic E-state index is 13.0. The Morgan fingerprint density at radius 3 is 2.25 bits per heavy atom. The van der Waals surface area contributed by atoms with Gasteiger partial charge in [-0.2, -0.15) is 13.2 Å². The van der Waals surface area contributed by atoms with Crippen molar-refractivity contribution in [3.8, 4) is 0 Å². The summed E-state index contributed by atoms with van der Waals surface area (Å²) in [5, 5.41) is 0. The van der Waals surface area contributed by atoms with Gasteiger partial charge in [0.2, 0.25) is 6.10 Å². The minimum Gasteiger partial charge on any atom is -0.475 e. The Kier molecular flexibility index (Phi) is 3.01. The molecule has 0 aromatic heterocycles. The molecule has 1 aliphatic heterocycles. The Hall–Kier alpha value is -2.23. The summed E-state index contributed by atoms with van der Waals surface area (Å²) in [7, 11) is 0. The van der Waals surface area contributed by atoms with Crippen LogP contribution < -0.4 is 0 Å². The lowest BCUT2D eigenvalue weighted by molar-refractivity contribution is -0.201. The van der Waals surface area contributed by atoms with Gasteiger partial charge in [0.25, 0.3) is 0 Å². The molecular formula is C16H11F3O. The van der Waals surface area contributed by atoms with Gasteiger partial charge < -0.3 is 4.74 Å². The SMILES string of the molecule is FC(F)(F)C1O/C(=C\c2ccccc2)c2ccccc21. The standard InChI is InChI=1S/C16H11F3O/c17-16(18,19)15-13-9-5-4-8-12(13)14(20-15)10-11-6-2-1-3-7-11/h1-10,15H/b14-10-. The van der Waals surface area contributed by atoms with Gasteiger partial charge in [0, 0.05) is 11.1 Å². The van der Waals surface area contributed by atoms with Gasteiger partial charge in [0.15, 0.2) is 0 Å². The zero-order valence-corrected chi connectivity index (χ0v) is 10.4. The molecule has 0 N–H and O–H groups in total. The molecule has 1 nitrogen and oxygen atoms in total. The summed E-state index contributed by atoms with van der Waals surface area (Å²) in [6.07, 6.45) is -4.67. The van der Waals surface area contributed by atoms with Crippen LogP contribution in [0.15, 0.2) is 54.6 Å². The van der Waals surface area contributed by atoms with Crippen LogP contribution in [0.25, 0.3) is 11.8 Å². The molecule has 2 aromatic rings. The molecule has 0 fully saturated rings. The molecule has 0 radical (unpaired) electrons. The molecular weight excluding hydrogens is 265 g/mol. The number of ether oxygens (including phenoxy) is 1. The van der Waals surface area contributed by atoms with E-state index in [-0.39, 0.29) is 11.3 Å². The van der Waals surface area contributed by atoms with Gasteiger partial charge in [-0.15, -0.1) is 0 Å². The van der Waals surface area contributed by atoms with Gasteiger partial charge >= 0.3 is 6.18 Å². The summed E-state index contributed by atoms with van der Waals surface area (Å²) in [6.45, 7) is 0. The van der Waals surface area contributed by atoms with E-state index in [9.17, 15) is 13.2 Å². The van der Waals surface area contributed by atoms with Crippen LogP contribution in [0.5, 0.6) is 0 Å². The molecule has 0 aliphatic carbocycles. The van der Waals surface area contributed by atoms with Crippen LogP contribution in [0.2, 0.25) is 0 Å². The lowest BCUT2D eigenvalue weighted by Crippen LogP contribution is -2.19. The van der Waals surface area contributed by atoms with Crippen molar-refractivity contribution in [2.45, 2.75) is 12.3 Å². The van der Waals surface area contributed by atoms with E-state index in [0.29, 0.717) is 5.56 Å². The average Bonchev–Trinajstić information content (AvgIpc) is 2.79. The van der Waals surface area contributed by atoms with E-state index in [0.717, 1.165) is 5.56 Å². The number of hydrogen-bond donors (Lipinski definition) is 0. The fraction of sp³-hybridized carbons (Fsp3) is 0.125. The number of fused-ring (bicyclic) bond motifs is 1. The van der Waals surface area contributed by atoms with E-state index >= 15 is 0 Å². The predicted octanol–water partition coefficient (Wildman–Crippen LogP) is 4.82. The third-order valence-corrected chi connectivity index (χ3v) is 3.15. The van der Waals surface area contributed by atoms with Crippen LogP contribution in [0.4, 0.5) is 13.2 Å². The molecule has 102 valence electrons. The Labute approximate surface area is 114 Å². The molecule has 1 heterocycles. The van der Waals surface area contributed by atoms with E-state index < -0.39 is 12.3 Å². The largest absolute Gasteiger partial charge is 0.475 e. The first-order valence-corrected chi connectivity index (χ1v) is 6.15. The topological polar surface area (TPSA) is 9.23 Å². The Morgan fingerprint density at radius 2 is 1.55 bits per heavy atom. The van der Waals surface area contributed by atoms with Crippen molar-refractivity contribution in [3.63, 3.8) is 0 Å². The van der Waals surface area contributed by atoms with Crippen LogP contribution in [0.1, 0.15) is 22.8 Å². The number of alkyl halides is 3. The van der Waals surface area contributed by atoms with Gasteiger partial charge in [-0.05, 0) is 11.6 Å². The van der Waals surface area contributed by atoms with Crippen molar-refractivity contribution in [1.82, 2.24) is 0 Å². The van der Waals surface area contributed by atoms with Gasteiger partial charge in [-0.1, -0.05) is 54.6 Å². The second kappa shape index (κ2) is 4.71. The normalized spacial score (nSPS) is 19.8. The van der Waals surface area contributed by atoms with Crippen molar-refractivity contribution >= 4 is 11.8 Å². The molecule has 4 heteroatoms. The van der Waals surface area contributed by atoms with Crippen LogP contribution in [-0.2, 0) is 4.74 Å². The molecule has 20 heavy (non-hydrogen) atoms. The third kappa shape index (κ3) is 2.29. The lowest BCUT2D eigenvalue weighted by Gasteiger charge is -2.15. The lowest BCUT2D eigenvalue weighted by atomic mass is 10.0. The van der Waals surface area contributed by atoms with E-state index in [1.807, 2.05) is 30.3 Å². The van der Waals surface area contributed by atoms with E-state index in [2.05, 4.69) is 0 Å². The number of rotatable bonds is 1. The van der Waals surface area contributed by atoms with Gasteiger partial charge in [-0.25, -0.2) is 0 Å². The quantitative estimate of drug-likeness (QED) is 0.725. The summed E-state index contributed by atoms with van der Waals surface area (Å²) < 4.78 is 44.1. The van der Waals surface area contributed by atoms with Crippen LogP contribution in [0, 0.1) is 0 Å². The van der Waals surface area contributed by atoms with Crippen molar-refractivity contribution in [2.75, 3.05) is 0 Å². The number of hydrogen-bond acceptors (Lipinski definition) is 1. The minimum absolute atomic E-state index is 0.169. The summed E-state index contributed by atoms with van der Waals surface area (Å²) in [5.74, 6) is 0.258. The second-order valence-corrected chi connectivity index (χ2v) is 4.55. The first-order valence-electron chi connectivity index (χ1n) is 6.15. The molecule has 1 unspecified atom stereocenters. The zero-order chi connectivity index (χ0) is 14.2. The molecule has 3 rings (SSSR count). The van der Waals surface area contributed by atoms with Gasteiger partial charge in [0.1, 0.15) is 5.76 Å². The minimum atomic E-state index is -4.41. The Morgan fingerprint density at radius 1 is 0.900 bits per heavy atom. The highest BCUT2D eigenvalue weighted by Crippen LogP contribution is 2.47. The first kappa shape index (κ1) is 12.8. The molecule has 2 aromatic carbocycles. The van der Waals surface area contributed by atoms with Crippen LogP contribution in [-0.4, -0.2) is 6.18 Å². The number of halogens is 3. The monoisotopic (exact) mass is 276 g/mol. The fourth-order valence-electron chi connectivity index (χ4n) is 2.26. The first-order chi connectivity index (χ1) is 9.55. The summed E-state index contributed by atoms with van der Waals surface area (Å²) in [4.78, 5) is 0. The van der Waals surface area contributed by atoms with E-state index in [1.54, 1.807) is 24.3 Å². The van der Waals surface area contributed by atoms with Crippen LogP contribution in [0.3, 0.4) is 0 Å². The highest BCUT2D eigenvalue weighted by Gasteiger charge is 2.48. The molecule has 0 saturated carbocycles. The zero-order valence-electron chi connectivity index (χ0n) is 10.4. The maximum Gasteiger partial charge on any atom is 0.429 e. The second-order valence-electron chi connectivity index (χ2n) is 4.55. The number of benzene rings is 2. The molecule has 1 atom stereocenters. The van der Waals surface area contributed by atoms with Crippen molar-refractivity contribution in [1.29, 1.82) is 0 Å². The molecule has 1 aliphatic rings.